The molecule has 2 aliphatic rings. The Bertz CT molecular complexity index is 1230. The number of carboxylic acids is 2. The zero-order chi connectivity index (χ0) is 24.8. The van der Waals surface area contributed by atoms with Gasteiger partial charge in [-0.25, -0.2) is 22.9 Å². The van der Waals surface area contributed by atoms with Crippen molar-refractivity contribution in [1.29, 1.82) is 0 Å². The molecule has 0 spiro atoms. The van der Waals surface area contributed by atoms with Gasteiger partial charge in [0.25, 0.3) is 5.92 Å². The van der Waals surface area contributed by atoms with E-state index in [1.165, 1.54) is 12.3 Å². The van der Waals surface area contributed by atoms with E-state index in [2.05, 4.69) is 15.3 Å². The summed E-state index contributed by atoms with van der Waals surface area (Å²) in [7, 11) is 1.67. The molecule has 0 aliphatic carbocycles. The molecule has 1 aromatic carbocycles. The molecule has 1 aromatic heterocycles. The van der Waals surface area contributed by atoms with Crippen LogP contribution in [-0.4, -0.2) is 67.5 Å². The van der Waals surface area contributed by atoms with Crippen LogP contribution in [0.5, 0.6) is 0 Å². The molecule has 2 aromatic rings. The number of aliphatic carboxylic acids is 2. The monoisotopic (exact) mass is 497 g/mol. The Kier molecular flexibility index (Phi) is 6.13. The molecule has 1 fully saturated rings. The number of nitrogens with one attached hydrogen (secondary N) is 1. The van der Waals surface area contributed by atoms with E-state index in [-0.39, 0.29) is 27.7 Å². The van der Waals surface area contributed by atoms with Gasteiger partial charge in [0.15, 0.2) is 11.7 Å². The first-order valence-electron chi connectivity index (χ1n) is 10.1. The van der Waals surface area contributed by atoms with Crippen LogP contribution in [0.25, 0.3) is 0 Å². The van der Waals surface area contributed by atoms with Crippen LogP contribution < -0.4 is 5.32 Å². The van der Waals surface area contributed by atoms with E-state index in [4.69, 9.17) is 11.6 Å². The molecular weight excluding hydrogens is 479 g/mol. The molecule has 0 bridgehead atoms. The largest absolute Gasteiger partial charge is 0.480 e. The quantitative estimate of drug-likeness (QED) is 0.560. The summed E-state index contributed by atoms with van der Waals surface area (Å²) in [6, 6.07) is 0.648. The van der Waals surface area contributed by atoms with Gasteiger partial charge in [0.2, 0.25) is 0 Å². The molecule has 0 saturated carbocycles. The van der Waals surface area contributed by atoms with Gasteiger partial charge in [0.1, 0.15) is 17.9 Å². The molecule has 1 saturated heterocycles. The molecule has 0 radical (unpaired) electrons. The average Bonchev–Trinajstić information content (AvgIpc) is 3.29. The summed E-state index contributed by atoms with van der Waals surface area (Å²) in [5.74, 6) is -6.32. The molecule has 2 atom stereocenters. The lowest BCUT2D eigenvalue weighted by Gasteiger charge is -2.30. The van der Waals surface area contributed by atoms with E-state index in [1.54, 1.807) is 17.8 Å². The zero-order valence-electron chi connectivity index (χ0n) is 17.7. The van der Waals surface area contributed by atoms with Crippen LogP contribution in [0.3, 0.4) is 0 Å². The molecule has 13 heteroatoms. The Morgan fingerprint density at radius 2 is 2.06 bits per heavy atom. The Hall–Kier alpha value is -3.38. The van der Waals surface area contributed by atoms with Gasteiger partial charge in [-0.05, 0) is 12.1 Å². The van der Waals surface area contributed by atoms with E-state index in [9.17, 15) is 33.0 Å². The number of amidine groups is 1. The number of aliphatic imine (C=N–C) groups is 1. The van der Waals surface area contributed by atoms with Crippen molar-refractivity contribution in [3.63, 3.8) is 0 Å². The number of halogens is 4. The first kappa shape index (κ1) is 23.8. The molecule has 180 valence electrons. The van der Waals surface area contributed by atoms with Crippen molar-refractivity contribution < 1.29 is 33.0 Å². The van der Waals surface area contributed by atoms with Crippen LogP contribution in [0.1, 0.15) is 23.9 Å². The number of hydrogen-bond acceptors (Lipinski definition) is 6. The van der Waals surface area contributed by atoms with Crippen LogP contribution in [-0.2, 0) is 16.6 Å². The number of aromatic nitrogens is 2. The van der Waals surface area contributed by atoms with E-state index < -0.39 is 55.3 Å². The van der Waals surface area contributed by atoms with Crippen molar-refractivity contribution in [3.8, 4) is 0 Å². The van der Waals surface area contributed by atoms with Crippen LogP contribution in [0.15, 0.2) is 46.9 Å². The number of hydrogen-bond donors (Lipinski definition) is 3. The lowest BCUT2D eigenvalue weighted by molar-refractivity contribution is -0.142. The fraction of sp³-hybridized carbons (Fsp3) is 0.333. The highest BCUT2D eigenvalue weighted by Crippen LogP contribution is 2.38. The Labute approximate surface area is 196 Å². The molecule has 3 N–H and O–H groups in total. The van der Waals surface area contributed by atoms with Gasteiger partial charge in [-0.15, -0.1) is 0 Å². The number of nitrogens with zero attached hydrogens (tertiary/aromatic N) is 4. The smallest absolute Gasteiger partial charge is 0.335 e. The minimum atomic E-state index is -3.25. The first-order chi connectivity index (χ1) is 16.0. The summed E-state index contributed by atoms with van der Waals surface area (Å²) in [4.78, 5) is 33.5. The summed E-state index contributed by atoms with van der Waals surface area (Å²) >= 11 is 6.20. The summed E-state index contributed by atoms with van der Waals surface area (Å²) in [5.41, 5.74) is -0.201. The number of carbonyl (C=O) groups is 2. The minimum Gasteiger partial charge on any atom is -0.480 e. The molecule has 9 nitrogen and oxygen atoms in total. The van der Waals surface area contributed by atoms with Crippen LogP contribution >= 0.6 is 11.6 Å². The van der Waals surface area contributed by atoms with Crippen molar-refractivity contribution in [2.24, 2.45) is 12.0 Å². The van der Waals surface area contributed by atoms with Crippen LogP contribution in [0.2, 0.25) is 5.02 Å². The van der Waals surface area contributed by atoms with Crippen molar-refractivity contribution in [1.82, 2.24) is 19.8 Å². The number of likely N-dealkylation sites (tertiary alicyclic amines) is 1. The zero-order valence-corrected chi connectivity index (χ0v) is 18.4. The second kappa shape index (κ2) is 8.76. The van der Waals surface area contributed by atoms with Crippen LogP contribution in [0.4, 0.5) is 13.2 Å². The molecule has 0 amide bonds. The number of imidazole rings is 1. The maximum atomic E-state index is 14.1. The molecule has 4 rings (SSSR count). The predicted molar refractivity (Wildman–Crippen MR) is 114 cm³/mol. The third-order valence-corrected chi connectivity index (χ3v) is 5.99. The summed E-state index contributed by atoms with van der Waals surface area (Å²) in [6.07, 6.45) is 2.21. The SMILES string of the molecule is Cn1ccnc1C1=N[C@@H](c2ccc(F)cc2Cl)C(C(=O)O)=C(CN2CC(F)(F)C[C@H]2C(=O)O)N1. The van der Waals surface area contributed by atoms with Crippen molar-refractivity contribution in [2.75, 3.05) is 13.1 Å². The number of benzene rings is 1. The predicted octanol–water partition coefficient (Wildman–Crippen LogP) is 2.44. The van der Waals surface area contributed by atoms with E-state index in [0.717, 1.165) is 17.0 Å². The van der Waals surface area contributed by atoms with Gasteiger partial charge in [-0.1, -0.05) is 17.7 Å². The van der Waals surface area contributed by atoms with Crippen molar-refractivity contribution in [2.45, 2.75) is 24.4 Å². The summed E-state index contributed by atoms with van der Waals surface area (Å²) in [6.45, 7) is -1.30. The van der Waals surface area contributed by atoms with Gasteiger partial charge in [0, 0.05) is 48.7 Å². The first-order valence-corrected chi connectivity index (χ1v) is 10.4. The van der Waals surface area contributed by atoms with Gasteiger partial charge < -0.3 is 20.1 Å². The number of aryl methyl sites for hydroxylation is 1. The van der Waals surface area contributed by atoms with E-state index in [1.807, 2.05) is 0 Å². The lowest BCUT2D eigenvalue weighted by atomic mass is 9.95. The molecular formula is C21H19ClF3N5O4. The van der Waals surface area contributed by atoms with Crippen molar-refractivity contribution in [3.05, 3.63) is 64.1 Å². The highest BCUT2D eigenvalue weighted by atomic mass is 35.5. The number of alkyl halides is 2. The van der Waals surface area contributed by atoms with Crippen LogP contribution in [0, 0.1) is 5.82 Å². The molecule has 0 unspecified atom stereocenters. The van der Waals surface area contributed by atoms with E-state index in [0.29, 0.717) is 5.82 Å². The Morgan fingerprint density at radius 1 is 1.32 bits per heavy atom. The topological polar surface area (TPSA) is 120 Å². The van der Waals surface area contributed by atoms with Gasteiger partial charge >= 0.3 is 11.9 Å². The maximum absolute atomic E-state index is 14.1. The molecule has 2 aliphatic heterocycles. The second-order valence-corrected chi connectivity index (χ2v) is 8.46. The van der Waals surface area contributed by atoms with Gasteiger partial charge in [-0.2, -0.15) is 0 Å². The fourth-order valence-corrected chi connectivity index (χ4v) is 4.39. The fourth-order valence-electron chi connectivity index (χ4n) is 4.12. The Balaban J connectivity index is 1.84. The third-order valence-electron chi connectivity index (χ3n) is 5.66. The minimum absolute atomic E-state index is 0.0464. The average molecular weight is 498 g/mol. The second-order valence-electron chi connectivity index (χ2n) is 8.05. The number of carboxylic acid groups (broad SMARTS) is 2. The standard InChI is InChI=1S/C21H19ClF3N5O4/c1-29-5-4-26-18(29)17-27-13(8-30-9-21(24,25)7-14(30)19(31)32)15(20(33)34)16(28-17)11-3-2-10(23)6-12(11)22/h2-6,14,16H,7-9H2,1H3,(H,27,28)(H,31,32)(H,33,34)/t14-,16-/m0/s1. The van der Waals surface area contributed by atoms with Gasteiger partial charge in [-0.3, -0.25) is 14.7 Å². The molecule has 34 heavy (non-hydrogen) atoms. The maximum Gasteiger partial charge on any atom is 0.335 e. The third kappa shape index (κ3) is 4.50. The highest BCUT2D eigenvalue weighted by molar-refractivity contribution is 6.31. The summed E-state index contributed by atoms with van der Waals surface area (Å²) in [5, 5.41) is 22.2. The van der Waals surface area contributed by atoms with Gasteiger partial charge in [0.05, 0.1) is 12.1 Å². The van der Waals surface area contributed by atoms with E-state index >= 15 is 0 Å². The lowest BCUT2D eigenvalue weighted by Crippen LogP contribution is -2.43. The van der Waals surface area contributed by atoms with Crippen molar-refractivity contribution >= 4 is 29.4 Å². The highest BCUT2D eigenvalue weighted by Gasteiger charge is 2.49. The number of rotatable bonds is 6. The summed E-state index contributed by atoms with van der Waals surface area (Å²) < 4.78 is 43.4. The normalized spacial score (nSPS) is 22.4. The Morgan fingerprint density at radius 3 is 2.65 bits per heavy atom. The molecule has 3 heterocycles.